The van der Waals surface area contributed by atoms with Gasteiger partial charge in [0.15, 0.2) is 14.6 Å². The number of aliphatic hydroxyl groups is 1. The number of hydrogen-bond donors (Lipinski definition) is 1. The van der Waals surface area contributed by atoms with Gasteiger partial charge < -0.3 is 5.11 Å². The van der Waals surface area contributed by atoms with Crippen LogP contribution in [0.3, 0.4) is 0 Å². The highest BCUT2D eigenvalue weighted by atomic mass is 32.2. The van der Waals surface area contributed by atoms with E-state index in [1.807, 2.05) is 6.07 Å². The van der Waals surface area contributed by atoms with Gasteiger partial charge in [-0.05, 0) is 25.0 Å². The highest BCUT2D eigenvalue weighted by molar-refractivity contribution is 7.93. The zero-order chi connectivity index (χ0) is 13.2. The van der Waals surface area contributed by atoms with E-state index in [4.69, 9.17) is 0 Å². The minimum Gasteiger partial charge on any atom is -0.396 e. The van der Waals surface area contributed by atoms with Crippen molar-refractivity contribution in [2.45, 2.75) is 28.9 Å². The summed E-state index contributed by atoms with van der Waals surface area (Å²) in [7, 11) is -3.73. The van der Waals surface area contributed by atoms with Crippen LogP contribution in [0.5, 0.6) is 0 Å². The van der Waals surface area contributed by atoms with E-state index < -0.39 is 20.5 Å². The van der Waals surface area contributed by atoms with Crippen LogP contribution in [0, 0.1) is 17.2 Å². The molecule has 1 saturated carbocycles. The summed E-state index contributed by atoms with van der Waals surface area (Å²) in [5.74, 6) is -0.493. The van der Waals surface area contributed by atoms with E-state index in [9.17, 15) is 18.8 Å². The van der Waals surface area contributed by atoms with E-state index in [1.165, 1.54) is 12.1 Å². The maximum absolute atomic E-state index is 12.6. The molecule has 5 heteroatoms. The molecule has 0 radical (unpaired) electrons. The van der Waals surface area contributed by atoms with E-state index in [0.29, 0.717) is 19.3 Å². The van der Waals surface area contributed by atoms with E-state index in [1.54, 1.807) is 18.2 Å². The molecular formula is C13H15NO3S. The average molecular weight is 265 g/mol. The van der Waals surface area contributed by atoms with E-state index in [-0.39, 0.29) is 11.5 Å². The van der Waals surface area contributed by atoms with Gasteiger partial charge in [-0.15, -0.1) is 0 Å². The van der Waals surface area contributed by atoms with Crippen LogP contribution in [-0.2, 0) is 9.84 Å². The maximum Gasteiger partial charge on any atom is 0.197 e. The summed E-state index contributed by atoms with van der Waals surface area (Å²) in [6.45, 7) is -0.264. The lowest BCUT2D eigenvalue weighted by molar-refractivity contribution is 0.218. The Hall–Kier alpha value is -1.38. The van der Waals surface area contributed by atoms with Gasteiger partial charge in [0, 0.05) is 12.5 Å². The molecule has 1 N–H and O–H groups in total. The average Bonchev–Trinajstić information content (AvgIpc) is 2.84. The largest absolute Gasteiger partial charge is 0.396 e. The van der Waals surface area contributed by atoms with Crippen molar-refractivity contribution in [3.05, 3.63) is 30.3 Å². The molecule has 0 amide bonds. The molecule has 1 aromatic carbocycles. The number of nitrogens with zero attached hydrogens (tertiary/aromatic N) is 1. The molecule has 1 aromatic rings. The lowest BCUT2D eigenvalue weighted by atomic mass is 9.97. The second kappa shape index (κ2) is 4.71. The quantitative estimate of drug-likeness (QED) is 0.898. The van der Waals surface area contributed by atoms with Gasteiger partial charge in [0.05, 0.1) is 11.0 Å². The van der Waals surface area contributed by atoms with Gasteiger partial charge in [0.2, 0.25) is 0 Å². The number of nitriles is 1. The second-order valence-electron chi connectivity index (χ2n) is 4.59. The number of hydrogen-bond acceptors (Lipinski definition) is 4. The zero-order valence-electron chi connectivity index (χ0n) is 9.91. The van der Waals surface area contributed by atoms with Crippen molar-refractivity contribution in [2.75, 3.05) is 6.61 Å². The standard InChI is InChI=1S/C13H15NO3S/c14-10-13(8-4-5-11(13)9-15)18(16,17)12-6-2-1-3-7-12/h1-3,6-7,11,15H,4-5,8-9H2/t11-,13-/m1/s1. The molecule has 0 bridgehead atoms. The first-order valence-corrected chi connectivity index (χ1v) is 7.38. The fraction of sp³-hybridized carbons (Fsp3) is 0.462. The van der Waals surface area contributed by atoms with Gasteiger partial charge >= 0.3 is 0 Å². The van der Waals surface area contributed by atoms with Crippen LogP contribution in [0.1, 0.15) is 19.3 Å². The molecule has 18 heavy (non-hydrogen) atoms. The summed E-state index contributed by atoms with van der Waals surface area (Å²) in [5.41, 5.74) is 0. The summed E-state index contributed by atoms with van der Waals surface area (Å²) in [6, 6.07) is 9.98. The third-order valence-electron chi connectivity index (χ3n) is 3.70. The Balaban J connectivity index is 2.55. The molecule has 0 aromatic heterocycles. The molecule has 0 aliphatic heterocycles. The summed E-state index contributed by atoms with van der Waals surface area (Å²) in [4.78, 5) is 0.159. The highest BCUT2D eigenvalue weighted by Gasteiger charge is 2.53. The summed E-state index contributed by atoms with van der Waals surface area (Å²) >= 11 is 0. The Kier molecular flexibility index (Phi) is 3.42. The van der Waals surface area contributed by atoms with E-state index in [0.717, 1.165) is 0 Å². The van der Waals surface area contributed by atoms with Gasteiger partial charge in [0.1, 0.15) is 0 Å². The number of benzene rings is 1. The normalized spacial score (nSPS) is 27.9. The molecule has 2 atom stereocenters. The van der Waals surface area contributed by atoms with Crippen LogP contribution in [0.15, 0.2) is 35.2 Å². The van der Waals surface area contributed by atoms with Gasteiger partial charge in [-0.3, -0.25) is 0 Å². The second-order valence-corrected chi connectivity index (χ2v) is 6.80. The van der Waals surface area contributed by atoms with Crippen LogP contribution in [0.25, 0.3) is 0 Å². The molecule has 1 fully saturated rings. The lowest BCUT2D eigenvalue weighted by Crippen LogP contribution is -2.42. The third kappa shape index (κ3) is 1.73. The molecule has 0 heterocycles. The van der Waals surface area contributed by atoms with Crippen molar-refractivity contribution < 1.29 is 13.5 Å². The van der Waals surface area contributed by atoms with Gasteiger partial charge in [-0.25, -0.2) is 8.42 Å². The van der Waals surface area contributed by atoms with Crippen LogP contribution in [0.4, 0.5) is 0 Å². The fourth-order valence-electron chi connectivity index (χ4n) is 2.66. The Labute approximate surface area is 107 Å². The molecule has 0 unspecified atom stereocenters. The van der Waals surface area contributed by atoms with Crippen molar-refractivity contribution in [3.63, 3.8) is 0 Å². The van der Waals surface area contributed by atoms with Crippen molar-refractivity contribution in [1.29, 1.82) is 5.26 Å². The van der Waals surface area contributed by atoms with Gasteiger partial charge in [-0.1, -0.05) is 24.6 Å². The summed E-state index contributed by atoms with van der Waals surface area (Å²) in [5, 5.41) is 18.7. The van der Waals surface area contributed by atoms with Gasteiger partial charge in [-0.2, -0.15) is 5.26 Å². The predicted octanol–water partition coefficient (Wildman–Crippen LogP) is 1.52. The first-order valence-electron chi connectivity index (χ1n) is 5.90. The maximum atomic E-state index is 12.6. The number of sulfone groups is 1. The van der Waals surface area contributed by atoms with Gasteiger partial charge in [0.25, 0.3) is 0 Å². The smallest absolute Gasteiger partial charge is 0.197 e. The molecular weight excluding hydrogens is 250 g/mol. The molecule has 1 aliphatic rings. The van der Waals surface area contributed by atoms with Crippen molar-refractivity contribution in [1.82, 2.24) is 0 Å². The first-order chi connectivity index (χ1) is 8.58. The number of aliphatic hydroxyl groups excluding tert-OH is 1. The Bertz CT molecular complexity index is 562. The fourth-order valence-corrected chi connectivity index (χ4v) is 4.76. The Morgan fingerprint density at radius 3 is 2.61 bits per heavy atom. The molecule has 2 rings (SSSR count). The third-order valence-corrected chi connectivity index (χ3v) is 6.18. The topological polar surface area (TPSA) is 78.2 Å². The molecule has 0 spiro atoms. The van der Waals surface area contributed by atoms with E-state index >= 15 is 0 Å². The Morgan fingerprint density at radius 2 is 2.06 bits per heavy atom. The lowest BCUT2D eigenvalue weighted by Gasteiger charge is -2.27. The van der Waals surface area contributed by atoms with Crippen LogP contribution < -0.4 is 0 Å². The molecule has 4 nitrogen and oxygen atoms in total. The minimum atomic E-state index is -3.73. The van der Waals surface area contributed by atoms with E-state index in [2.05, 4.69) is 0 Å². The Morgan fingerprint density at radius 1 is 1.39 bits per heavy atom. The SMILES string of the molecule is N#C[C@]1(S(=O)(=O)c2ccccc2)CCC[C@@H]1CO. The minimum absolute atomic E-state index is 0.159. The zero-order valence-corrected chi connectivity index (χ0v) is 10.7. The van der Waals surface area contributed by atoms with Crippen molar-refractivity contribution >= 4 is 9.84 Å². The monoisotopic (exact) mass is 265 g/mol. The van der Waals surface area contributed by atoms with Crippen molar-refractivity contribution in [2.24, 2.45) is 5.92 Å². The van der Waals surface area contributed by atoms with Crippen LogP contribution >= 0.6 is 0 Å². The summed E-state index contributed by atoms with van der Waals surface area (Å²) < 4.78 is 23.8. The predicted molar refractivity (Wildman–Crippen MR) is 66.4 cm³/mol. The van der Waals surface area contributed by atoms with Crippen molar-refractivity contribution in [3.8, 4) is 6.07 Å². The highest BCUT2D eigenvalue weighted by Crippen LogP contribution is 2.44. The molecule has 1 aliphatic carbocycles. The van der Waals surface area contributed by atoms with Crippen LogP contribution in [-0.4, -0.2) is 24.9 Å². The first kappa shape index (κ1) is 13.1. The molecule has 96 valence electrons. The summed E-state index contributed by atoms with van der Waals surface area (Å²) in [6.07, 6.45) is 1.53. The van der Waals surface area contributed by atoms with Crippen LogP contribution in [0.2, 0.25) is 0 Å². The number of rotatable bonds is 3. The molecule has 0 saturated heterocycles.